The van der Waals surface area contributed by atoms with Gasteiger partial charge in [0.2, 0.25) is 15.9 Å². The Morgan fingerprint density at radius 2 is 1.68 bits per heavy atom. The van der Waals surface area contributed by atoms with Gasteiger partial charge in [-0.2, -0.15) is 4.31 Å². The van der Waals surface area contributed by atoms with Crippen molar-refractivity contribution in [3.8, 4) is 22.8 Å². The van der Waals surface area contributed by atoms with Crippen molar-refractivity contribution >= 4 is 33.3 Å². The Morgan fingerprint density at radius 1 is 0.976 bits per heavy atom. The highest BCUT2D eigenvalue weighted by atomic mass is 35.5. The molecule has 1 saturated heterocycles. The number of piperazine rings is 1. The number of hydrogen-bond donors (Lipinski definition) is 0. The summed E-state index contributed by atoms with van der Waals surface area (Å²) in [5, 5.41) is 9.27. The molecule has 220 valence electrons. The molecule has 2 heterocycles. The van der Waals surface area contributed by atoms with Crippen molar-refractivity contribution in [3.63, 3.8) is 0 Å². The van der Waals surface area contributed by atoms with Gasteiger partial charge in [0.25, 0.3) is 0 Å². The Bertz CT molecular complexity index is 1430. The zero-order valence-electron chi connectivity index (χ0n) is 23.8. The van der Waals surface area contributed by atoms with E-state index in [1.807, 2.05) is 38.1 Å². The number of hydrogen-bond acceptors (Lipinski definition) is 8. The van der Waals surface area contributed by atoms with E-state index >= 15 is 0 Å². The maximum atomic E-state index is 13.4. The standard InChI is InChI=1S/C29H36ClN5O5S/c1-21(2)13-14-35(41(37,38)24-8-5-22(30)6-9-24)20-29(36)34-17-15-33(16-18-34)28-12-11-26(31-32-28)25-10-7-23(39-3)19-27(25)40-4/h5-12,19,21H,13-18,20H2,1-4H3. The molecule has 3 aromatic rings. The highest BCUT2D eigenvalue weighted by Crippen LogP contribution is 2.32. The molecular weight excluding hydrogens is 566 g/mol. The van der Waals surface area contributed by atoms with Gasteiger partial charge in [-0.25, -0.2) is 8.42 Å². The Hall–Kier alpha value is -3.41. The Labute approximate surface area is 246 Å². The number of sulfonamides is 1. The zero-order valence-corrected chi connectivity index (χ0v) is 25.4. The lowest BCUT2D eigenvalue weighted by atomic mass is 10.1. The molecule has 41 heavy (non-hydrogen) atoms. The molecule has 12 heteroatoms. The topological polar surface area (TPSA) is 105 Å². The fourth-order valence-corrected chi connectivity index (χ4v) is 6.06. The number of nitrogens with zero attached hydrogens (tertiary/aromatic N) is 5. The number of anilines is 1. The second-order valence-corrected chi connectivity index (χ2v) is 12.6. The number of benzene rings is 2. The van der Waals surface area contributed by atoms with Gasteiger partial charge in [-0.05, 0) is 60.9 Å². The molecule has 1 aliphatic rings. The van der Waals surface area contributed by atoms with E-state index in [2.05, 4.69) is 15.1 Å². The van der Waals surface area contributed by atoms with E-state index in [4.69, 9.17) is 21.1 Å². The molecule has 1 fully saturated rings. The monoisotopic (exact) mass is 601 g/mol. The maximum Gasteiger partial charge on any atom is 0.243 e. The molecule has 4 rings (SSSR count). The maximum absolute atomic E-state index is 13.4. The third-order valence-electron chi connectivity index (χ3n) is 7.01. The molecule has 2 aromatic carbocycles. The lowest BCUT2D eigenvalue weighted by molar-refractivity contribution is -0.131. The summed E-state index contributed by atoms with van der Waals surface area (Å²) in [5.41, 5.74) is 1.48. The Kier molecular flexibility index (Phi) is 10.1. The van der Waals surface area contributed by atoms with Crippen LogP contribution in [0.5, 0.6) is 11.5 Å². The largest absolute Gasteiger partial charge is 0.497 e. The average molecular weight is 602 g/mol. The molecule has 1 aliphatic heterocycles. The molecule has 0 atom stereocenters. The van der Waals surface area contributed by atoms with E-state index in [1.165, 1.54) is 16.4 Å². The van der Waals surface area contributed by atoms with Crippen LogP contribution in [0.3, 0.4) is 0 Å². The second-order valence-electron chi connectivity index (χ2n) is 10.2. The van der Waals surface area contributed by atoms with E-state index in [-0.39, 0.29) is 29.8 Å². The van der Waals surface area contributed by atoms with Gasteiger partial charge in [-0.15, -0.1) is 10.2 Å². The molecule has 1 amide bonds. The van der Waals surface area contributed by atoms with Crippen LogP contribution in [0.25, 0.3) is 11.3 Å². The minimum absolute atomic E-state index is 0.123. The van der Waals surface area contributed by atoms with Gasteiger partial charge in [0.1, 0.15) is 11.5 Å². The number of halogens is 1. The highest BCUT2D eigenvalue weighted by Gasteiger charge is 2.30. The number of aromatic nitrogens is 2. The summed E-state index contributed by atoms with van der Waals surface area (Å²) in [6.45, 7) is 6.11. The molecule has 0 bridgehead atoms. The third kappa shape index (κ3) is 7.46. The molecule has 10 nitrogen and oxygen atoms in total. The van der Waals surface area contributed by atoms with Crippen LogP contribution in [-0.4, -0.2) is 87.2 Å². The van der Waals surface area contributed by atoms with E-state index in [0.29, 0.717) is 60.6 Å². The van der Waals surface area contributed by atoms with E-state index < -0.39 is 10.0 Å². The smallest absolute Gasteiger partial charge is 0.243 e. The summed E-state index contributed by atoms with van der Waals surface area (Å²) < 4.78 is 38.8. The van der Waals surface area contributed by atoms with Gasteiger partial charge >= 0.3 is 0 Å². The van der Waals surface area contributed by atoms with E-state index in [9.17, 15) is 13.2 Å². The van der Waals surface area contributed by atoms with Crippen molar-refractivity contribution in [1.29, 1.82) is 0 Å². The molecule has 0 aliphatic carbocycles. The molecule has 0 spiro atoms. The van der Waals surface area contributed by atoms with Crippen LogP contribution < -0.4 is 14.4 Å². The zero-order chi connectivity index (χ0) is 29.6. The summed E-state index contributed by atoms with van der Waals surface area (Å²) in [4.78, 5) is 17.2. The number of ether oxygens (including phenoxy) is 2. The molecule has 1 aromatic heterocycles. The number of rotatable bonds is 11. The summed E-state index contributed by atoms with van der Waals surface area (Å²) in [6.07, 6.45) is 0.644. The van der Waals surface area contributed by atoms with E-state index in [1.54, 1.807) is 37.3 Å². The van der Waals surface area contributed by atoms with Gasteiger partial charge in [-0.1, -0.05) is 25.4 Å². The predicted molar refractivity (Wildman–Crippen MR) is 159 cm³/mol. The van der Waals surface area contributed by atoms with Crippen molar-refractivity contribution < 1.29 is 22.7 Å². The Balaban J connectivity index is 1.40. The van der Waals surface area contributed by atoms with Gasteiger partial charge < -0.3 is 19.3 Å². The molecule has 0 saturated carbocycles. The first kappa shape index (κ1) is 30.5. The van der Waals surface area contributed by atoms with Crippen LogP contribution in [0.4, 0.5) is 5.82 Å². The molecule has 0 N–H and O–H groups in total. The second kappa shape index (κ2) is 13.5. The first-order chi connectivity index (χ1) is 19.6. The number of carbonyl (C=O) groups excluding carboxylic acids is 1. The third-order valence-corrected chi connectivity index (χ3v) is 9.12. The first-order valence-corrected chi connectivity index (χ1v) is 15.3. The summed E-state index contributed by atoms with van der Waals surface area (Å²) >= 11 is 5.95. The lowest BCUT2D eigenvalue weighted by Crippen LogP contribution is -2.52. The predicted octanol–water partition coefficient (Wildman–Crippen LogP) is 4.20. The SMILES string of the molecule is COc1ccc(-c2ccc(N3CCN(C(=O)CN(CCC(C)C)S(=O)(=O)c4ccc(Cl)cc4)CC3)nn2)c(OC)c1. The summed E-state index contributed by atoms with van der Waals surface area (Å²) in [6, 6.07) is 15.3. The highest BCUT2D eigenvalue weighted by molar-refractivity contribution is 7.89. The quantitative estimate of drug-likeness (QED) is 0.322. The molecular formula is C29H36ClN5O5S. The van der Waals surface area contributed by atoms with Gasteiger partial charge in [-0.3, -0.25) is 4.79 Å². The van der Waals surface area contributed by atoms with E-state index in [0.717, 1.165) is 5.56 Å². The minimum Gasteiger partial charge on any atom is -0.497 e. The van der Waals surface area contributed by atoms with Crippen LogP contribution in [0.1, 0.15) is 20.3 Å². The van der Waals surface area contributed by atoms with Crippen molar-refractivity contribution in [2.45, 2.75) is 25.2 Å². The average Bonchev–Trinajstić information content (AvgIpc) is 2.99. The van der Waals surface area contributed by atoms with Crippen LogP contribution >= 0.6 is 11.6 Å². The van der Waals surface area contributed by atoms with Crippen molar-refractivity contribution in [2.24, 2.45) is 5.92 Å². The normalized spacial score (nSPS) is 14.0. The number of amides is 1. The first-order valence-electron chi connectivity index (χ1n) is 13.5. The fraction of sp³-hybridized carbons (Fsp3) is 0.414. The van der Waals surface area contributed by atoms with Crippen molar-refractivity contribution in [1.82, 2.24) is 19.4 Å². The van der Waals surface area contributed by atoms with Crippen LogP contribution in [0.15, 0.2) is 59.5 Å². The summed E-state index contributed by atoms with van der Waals surface area (Å²) in [7, 11) is -0.660. The van der Waals surface area contributed by atoms with Crippen LogP contribution in [-0.2, 0) is 14.8 Å². The minimum atomic E-state index is -3.85. The number of carbonyl (C=O) groups is 1. The number of methoxy groups -OCH3 is 2. The fourth-order valence-electron chi connectivity index (χ4n) is 4.53. The summed E-state index contributed by atoms with van der Waals surface area (Å²) in [5.74, 6) is 2.10. The van der Waals surface area contributed by atoms with Gasteiger partial charge in [0, 0.05) is 49.4 Å². The van der Waals surface area contributed by atoms with Crippen LogP contribution in [0, 0.1) is 5.92 Å². The van der Waals surface area contributed by atoms with Crippen molar-refractivity contribution in [3.05, 3.63) is 59.6 Å². The molecule has 0 unspecified atom stereocenters. The van der Waals surface area contributed by atoms with Crippen molar-refractivity contribution in [2.75, 3.05) is 58.4 Å². The van der Waals surface area contributed by atoms with Gasteiger partial charge in [0.05, 0.1) is 31.4 Å². The lowest BCUT2D eigenvalue weighted by Gasteiger charge is -2.36. The Morgan fingerprint density at radius 3 is 2.27 bits per heavy atom. The van der Waals surface area contributed by atoms with Gasteiger partial charge in [0.15, 0.2) is 5.82 Å². The van der Waals surface area contributed by atoms with Crippen LogP contribution in [0.2, 0.25) is 5.02 Å². The molecule has 0 radical (unpaired) electrons.